The topological polar surface area (TPSA) is 46.4 Å². The van der Waals surface area contributed by atoms with Crippen molar-refractivity contribution in [3.05, 3.63) is 89.1 Å². The van der Waals surface area contributed by atoms with E-state index < -0.39 is 0 Å². The second kappa shape index (κ2) is 7.57. The number of thiazole rings is 1. The lowest BCUT2D eigenvalue weighted by Crippen LogP contribution is -2.24. The van der Waals surface area contributed by atoms with Crippen LogP contribution in [0.3, 0.4) is 0 Å². The first kappa shape index (κ1) is 16.0. The highest BCUT2D eigenvalue weighted by atomic mass is 32.1. The minimum absolute atomic E-state index is 0.226. The lowest BCUT2D eigenvalue weighted by Gasteiger charge is -2.06. The smallest absolute Gasteiger partial charge is 0.271 e. The predicted molar refractivity (Wildman–Crippen MR) is 97.4 cm³/mol. The molecule has 0 radical (unpaired) electrons. The number of hydrogen-bond donors (Lipinski definition) is 1. The number of carbonyl (C=O) groups excluding carboxylic acids is 1. The molecule has 0 unspecified atom stereocenters. The van der Waals surface area contributed by atoms with Crippen molar-refractivity contribution in [1.29, 1.82) is 0 Å². The van der Waals surface area contributed by atoms with Crippen LogP contribution in [0.15, 0.2) is 83.8 Å². The number of hydrogen-bond acceptors (Lipinski definition) is 3. The van der Waals surface area contributed by atoms with Gasteiger partial charge in [0.2, 0.25) is 4.80 Å². The zero-order valence-electron chi connectivity index (χ0n) is 13.1. The summed E-state index contributed by atoms with van der Waals surface area (Å²) in [5.74, 6) is -0.226. The van der Waals surface area contributed by atoms with Gasteiger partial charge in [0.25, 0.3) is 5.91 Å². The molecule has 3 aromatic rings. The van der Waals surface area contributed by atoms with E-state index in [1.54, 1.807) is 12.1 Å². The molecule has 4 nitrogen and oxygen atoms in total. The Labute approximate surface area is 144 Å². The largest absolute Gasteiger partial charge is 0.311 e. The van der Waals surface area contributed by atoms with Crippen LogP contribution in [0.4, 0.5) is 0 Å². The average molecular weight is 335 g/mol. The Morgan fingerprint density at radius 2 is 1.79 bits per heavy atom. The van der Waals surface area contributed by atoms with Crippen LogP contribution in [0.1, 0.15) is 10.4 Å². The molecule has 1 amide bonds. The molecule has 5 heteroatoms. The molecular weight excluding hydrogens is 318 g/mol. The van der Waals surface area contributed by atoms with Gasteiger partial charge in [-0.15, -0.1) is 23.0 Å². The summed E-state index contributed by atoms with van der Waals surface area (Å²) in [6.45, 7) is 4.43. The van der Waals surface area contributed by atoms with E-state index in [4.69, 9.17) is 0 Å². The maximum absolute atomic E-state index is 12.1. The van der Waals surface area contributed by atoms with Gasteiger partial charge < -0.3 is 4.57 Å². The van der Waals surface area contributed by atoms with Crippen molar-refractivity contribution in [2.75, 3.05) is 0 Å². The molecule has 0 fully saturated rings. The molecule has 1 N–H and O–H groups in total. The SMILES string of the molecule is C=CCn1c(-c2ccccc2)csc1=NNC(=O)c1ccccc1. The summed E-state index contributed by atoms with van der Waals surface area (Å²) in [5.41, 5.74) is 5.35. The Hall–Kier alpha value is -2.92. The highest BCUT2D eigenvalue weighted by Gasteiger charge is 2.07. The van der Waals surface area contributed by atoms with Gasteiger partial charge in [-0.25, -0.2) is 5.43 Å². The van der Waals surface area contributed by atoms with Crippen LogP contribution in [-0.2, 0) is 6.54 Å². The van der Waals surface area contributed by atoms with E-state index >= 15 is 0 Å². The molecule has 1 aromatic heterocycles. The third-order valence-electron chi connectivity index (χ3n) is 3.47. The van der Waals surface area contributed by atoms with Crippen molar-refractivity contribution < 1.29 is 4.79 Å². The molecule has 1 heterocycles. The van der Waals surface area contributed by atoms with Crippen LogP contribution in [0, 0.1) is 0 Å². The van der Waals surface area contributed by atoms with Crippen molar-refractivity contribution in [3.63, 3.8) is 0 Å². The third-order valence-corrected chi connectivity index (χ3v) is 4.33. The molecule has 0 atom stereocenters. The summed E-state index contributed by atoms with van der Waals surface area (Å²) in [6.07, 6.45) is 1.82. The van der Waals surface area contributed by atoms with Crippen molar-refractivity contribution in [2.45, 2.75) is 6.54 Å². The molecule has 120 valence electrons. The molecule has 0 bridgehead atoms. The van der Waals surface area contributed by atoms with Gasteiger partial charge in [-0.3, -0.25) is 4.79 Å². The molecule has 0 aliphatic rings. The van der Waals surface area contributed by atoms with Crippen LogP contribution < -0.4 is 10.2 Å². The van der Waals surface area contributed by atoms with Crippen LogP contribution >= 0.6 is 11.3 Å². The van der Waals surface area contributed by atoms with E-state index in [-0.39, 0.29) is 5.91 Å². The standard InChI is InChI=1S/C19H17N3OS/c1-2-13-22-17(15-9-5-3-6-10-15)14-24-19(22)21-20-18(23)16-11-7-4-8-12-16/h2-12,14H,1,13H2,(H,20,23). The predicted octanol–water partition coefficient (Wildman–Crippen LogP) is 3.65. The summed E-state index contributed by atoms with van der Waals surface area (Å²) in [7, 11) is 0. The van der Waals surface area contributed by atoms with E-state index in [0.29, 0.717) is 12.1 Å². The molecule has 0 aliphatic heterocycles. The highest BCUT2D eigenvalue weighted by Crippen LogP contribution is 2.19. The number of benzene rings is 2. The van der Waals surface area contributed by atoms with Gasteiger partial charge in [0, 0.05) is 17.5 Å². The lowest BCUT2D eigenvalue weighted by molar-refractivity contribution is 0.0953. The minimum Gasteiger partial charge on any atom is -0.311 e. The van der Waals surface area contributed by atoms with Crippen LogP contribution in [0.25, 0.3) is 11.3 Å². The fraction of sp³-hybridized carbons (Fsp3) is 0.0526. The molecule has 0 saturated carbocycles. The number of allylic oxidation sites excluding steroid dienone is 1. The first-order chi connectivity index (χ1) is 11.8. The number of amides is 1. The van der Waals surface area contributed by atoms with E-state index in [1.165, 1.54) is 11.3 Å². The molecular formula is C19H17N3OS. The highest BCUT2D eigenvalue weighted by molar-refractivity contribution is 7.07. The molecule has 0 aliphatic carbocycles. The van der Waals surface area contributed by atoms with Crippen molar-refractivity contribution in [2.24, 2.45) is 5.10 Å². The second-order valence-electron chi connectivity index (χ2n) is 5.09. The first-order valence-electron chi connectivity index (χ1n) is 7.53. The molecule has 3 rings (SSSR count). The van der Waals surface area contributed by atoms with Gasteiger partial charge in [0.15, 0.2) is 0 Å². The van der Waals surface area contributed by atoms with Gasteiger partial charge in [0.05, 0.1) is 5.69 Å². The maximum atomic E-state index is 12.1. The Bertz CT molecular complexity index is 895. The summed E-state index contributed by atoms with van der Waals surface area (Å²) in [5, 5.41) is 6.32. The van der Waals surface area contributed by atoms with E-state index in [1.807, 2.05) is 64.6 Å². The van der Waals surface area contributed by atoms with Crippen LogP contribution in [0.5, 0.6) is 0 Å². The molecule has 2 aromatic carbocycles. The number of carbonyl (C=O) groups is 1. The Morgan fingerprint density at radius 3 is 2.46 bits per heavy atom. The molecule has 0 saturated heterocycles. The second-order valence-corrected chi connectivity index (χ2v) is 5.92. The Morgan fingerprint density at radius 1 is 1.12 bits per heavy atom. The van der Waals surface area contributed by atoms with E-state index in [0.717, 1.165) is 16.1 Å². The third kappa shape index (κ3) is 3.52. The number of nitrogens with one attached hydrogen (secondary N) is 1. The zero-order valence-corrected chi connectivity index (χ0v) is 13.9. The number of nitrogens with zero attached hydrogens (tertiary/aromatic N) is 2. The van der Waals surface area contributed by atoms with Gasteiger partial charge >= 0.3 is 0 Å². The van der Waals surface area contributed by atoms with Gasteiger partial charge in [-0.2, -0.15) is 0 Å². The van der Waals surface area contributed by atoms with E-state index in [9.17, 15) is 4.79 Å². The molecule has 24 heavy (non-hydrogen) atoms. The first-order valence-corrected chi connectivity index (χ1v) is 8.41. The van der Waals surface area contributed by atoms with Crippen LogP contribution in [-0.4, -0.2) is 10.5 Å². The number of aromatic nitrogens is 1. The zero-order chi connectivity index (χ0) is 16.8. The molecule has 0 spiro atoms. The normalized spacial score (nSPS) is 11.2. The van der Waals surface area contributed by atoms with Gasteiger partial charge in [-0.05, 0) is 17.7 Å². The maximum Gasteiger partial charge on any atom is 0.271 e. The van der Waals surface area contributed by atoms with Gasteiger partial charge in [-0.1, -0.05) is 54.6 Å². The van der Waals surface area contributed by atoms with Crippen LogP contribution in [0.2, 0.25) is 0 Å². The minimum atomic E-state index is -0.226. The Balaban J connectivity index is 1.92. The Kier molecular flexibility index (Phi) is 5.03. The van der Waals surface area contributed by atoms with Crippen molar-refractivity contribution in [3.8, 4) is 11.3 Å². The van der Waals surface area contributed by atoms with Crippen molar-refractivity contribution >= 4 is 17.2 Å². The monoisotopic (exact) mass is 335 g/mol. The summed E-state index contributed by atoms with van der Waals surface area (Å²) in [6, 6.07) is 19.1. The quantitative estimate of drug-likeness (QED) is 0.561. The fourth-order valence-corrected chi connectivity index (χ4v) is 3.20. The average Bonchev–Trinajstić information content (AvgIpc) is 3.04. The van der Waals surface area contributed by atoms with Crippen molar-refractivity contribution in [1.82, 2.24) is 9.99 Å². The number of rotatable bonds is 5. The summed E-state index contributed by atoms with van der Waals surface area (Å²) >= 11 is 1.48. The van der Waals surface area contributed by atoms with E-state index in [2.05, 4.69) is 17.1 Å². The van der Waals surface area contributed by atoms with Gasteiger partial charge in [0.1, 0.15) is 0 Å². The fourth-order valence-electron chi connectivity index (χ4n) is 2.32. The summed E-state index contributed by atoms with van der Waals surface area (Å²) in [4.78, 5) is 12.9. The summed E-state index contributed by atoms with van der Waals surface area (Å²) < 4.78 is 2.03. The lowest BCUT2D eigenvalue weighted by atomic mass is 10.2.